The third-order valence-electron chi connectivity index (χ3n) is 4.36. The van der Waals surface area contributed by atoms with Crippen molar-refractivity contribution in [2.45, 2.75) is 13.3 Å². The summed E-state index contributed by atoms with van der Waals surface area (Å²) in [4.78, 5) is 18.6. The van der Waals surface area contributed by atoms with Crippen molar-refractivity contribution in [3.63, 3.8) is 0 Å². The van der Waals surface area contributed by atoms with Gasteiger partial charge in [0.1, 0.15) is 5.82 Å². The van der Waals surface area contributed by atoms with Gasteiger partial charge in [0.15, 0.2) is 5.82 Å². The fourth-order valence-electron chi connectivity index (χ4n) is 2.83. The van der Waals surface area contributed by atoms with Crippen molar-refractivity contribution in [3.05, 3.63) is 75.5 Å². The highest BCUT2D eigenvalue weighted by Gasteiger charge is 2.14. The van der Waals surface area contributed by atoms with Crippen LogP contribution in [0.4, 0.5) is 4.39 Å². The number of hydrogen-bond donors (Lipinski definition) is 1. The maximum Gasteiger partial charge on any atom is 0.251 e. The molecule has 5 nitrogen and oxygen atoms in total. The van der Waals surface area contributed by atoms with Crippen LogP contribution in [0.2, 0.25) is 5.02 Å². The zero-order chi connectivity index (χ0) is 19.7. The summed E-state index contributed by atoms with van der Waals surface area (Å²) >= 11 is 7.38. The van der Waals surface area contributed by atoms with E-state index in [1.807, 2.05) is 6.92 Å². The Kier molecular flexibility index (Phi) is 5.11. The van der Waals surface area contributed by atoms with Gasteiger partial charge in [-0.15, -0.1) is 5.10 Å². The molecule has 0 radical (unpaired) electrons. The van der Waals surface area contributed by atoms with Crippen LogP contribution in [0.15, 0.2) is 48.5 Å². The SMILES string of the molecule is Cc1c(CCNC(=O)c2ccc(Cl)cc2)sc2nc(-c3ccc(F)cc3)nn12. The van der Waals surface area contributed by atoms with Crippen molar-refractivity contribution in [1.29, 1.82) is 0 Å². The van der Waals surface area contributed by atoms with Gasteiger partial charge in [-0.1, -0.05) is 22.9 Å². The second-order valence-corrected chi connectivity index (χ2v) is 7.76. The Morgan fingerprint density at radius 1 is 1.18 bits per heavy atom. The molecule has 0 aliphatic rings. The molecule has 2 aromatic heterocycles. The number of nitrogens with zero attached hydrogens (tertiary/aromatic N) is 3. The van der Waals surface area contributed by atoms with Crippen molar-refractivity contribution < 1.29 is 9.18 Å². The van der Waals surface area contributed by atoms with E-state index in [1.54, 1.807) is 40.9 Å². The summed E-state index contributed by atoms with van der Waals surface area (Å²) in [6.45, 7) is 2.49. The third kappa shape index (κ3) is 3.76. The van der Waals surface area contributed by atoms with Crippen LogP contribution in [0.5, 0.6) is 0 Å². The zero-order valence-electron chi connectivity index (χ0n) is 14.9. The first-order valence-electron chi connectivity index (χ1n) is 8.66. The fraction of sp³-hybridized carbons (Fsp3) is 0.150. The number of aromatic nitrogens is 3. The Labute approximate surface area is 169 Å². The average molecular weight is 415 g/mol. The number of benzene rings is 2. The standard InChI is InChI=1S/C20H16ClFN4OS/c1-12-17(10-11-23-19(27)14-2-6-15(21)7-3-14)28-20-24-18(25-26(12)20)13-4-8-16(22)9-5-13/h2-9H,10-11H2,1H3,(H,23,27). The first kappa shape index (κ1) is 18.6. The molecule has 2 aromatic carbocycles. The largest absolute Gasteiger partial charge is 0.352 e. The smallest absolute Gasteiger partial charge is 0.251 e. The molecule has 0 atom stereocenters. The predicted octanol–water partition coefficient (Wildman–Crippen LogP) is 4.53. The molecule has 0 spiro atoms. The van der Waals surface area contributed by atoms with Crippen LogP contribution in [0.25, 0.3) is 16.3 Å². The molecule has 1 N–H and O–H groups in total. The first-order valence-corrected chi connectivity index (χ1v) is 9.85. The van der Waals surface area contributed by atoms with E-state index < -0.39 is 0 Å². The van der Waals surface area contributed by atoms with E-state index in [0.29, 0.717) is 29.4 Å². The lowest BCUT2D eigenvalue weighted by atomic mass is 10.2. The monoisotopic (exact) mass is 414 g/mol. The molecule has 4 rings (SSSR count). The minimum absolute atomic E-state index is 0.132. The number of amides is 1. The van der Waals surface area contributed by atoms with E-state index in [0.717, 1.165) is 21.1 Å². The van der Waals surface area contributed by atoms with Crippen molar-refractivity contribution in [2.24, 2.45) is 0 Å². The second kappa shape index (κ2) is 7.69. The molecule has 0 saturated heterocycles. The van der Waals surface area contributed by atoms with Crippen LogP contribution in [-0.4, -0.2) is 27.0 Å². The Bertz CT molecular complexity index is 1140. The number of thiazole rings is 1. The van der Waals surface area contributed by atoms with Crippen LogP contribution < -0.4 is 5.32 Å². The van der Waals surface area contributed by atoms with Crippen LogP contribution in [0, 0.1) is 12.7 Å². The Morgan fingerprint density at radius 2 is 1.89 bits per heavy atom. The number of fused-ring (bicyclic) bond motifs is 1. The lowest BCUT2D eigenvalue weighted by Gasteiger charge is -2.05. The summed E-state index contributed by atoms with van der Waals surface area (Å²) < 4.78 is 14.9. The third-order valence-corrected chi connectivity index (χ3v) is 5.80. The van der Waals surface area contributed by atoms with Gasteiger partial charge in [0.05, 0.1) is 5.69 Å². The van der Waals surface area contributed by atoms with Crippen LogP contribution in [0.1, 0.15) is 20.9 Å². The second-order valence-electron chi connectivity index (χ2n) is 6.26. The summed E-state index contributed by atoms with van der Waals surface area (Å²) in [6, 6.07) is 12.9. The number of carbonyl (C=O) groups excluding carboxylic acids is 1. The van der Waals surface area contributed by atoms with Gasteiger partial charge in [-0.25, -0.2) is 8.91 Å². The van der Waals surface area contributed by atoms with E-state index in [-0.39, 0.29) is 11.7 Å². The van der Waals surface area contributed by atoms with E-state index in [9.17, 15) is 9.18 Å². The number of rotatable bonds is 5. The van der Waals surface area contributed by atoms with Crippen molar-refractivity contribution in [1.82, 2.24) is 19.9 Å². The quantitative estimate of drug-likeness (QED) is 0.522. The molecule has 0 unspecified atom stereocenters. The highest BCUT2D eigenvalue weighted by atomic mass is 35.5. The van der Waals surface area contributed by atoms with Gasteiger partial charge in [0.25, 0.3) is 5.91 Å². The molecule has 142 valence electrons. The van der Waals surface area contributed by atoms with Crippen LogP contribution in [0.3, 0.4) is 0 Å². The van der Waals surface area contributed by atoms with Gasteiger partial charge in [0, 0.05) is 34.0 Å². The zero-order valence-corrected chi connectivity index (χ0v) is 16.5. The number of nitrogens with one attached hydrogen (secondary N) is 1. The maximum atomic E-state index is 13.1. The Balaban J connectivity index is 1.44. The molecule has 0 saturated carbocycles. The first-order chi connectivity index (χ1) is 13.5. The molecule has 0 bridgehead atoms. The predicted molar refractivity (Wildman–Crippen MR) is 108 cm³/mol. The van der Waals surface area contributed by atoms with E-state index in [4.69, 9.17) is 11.6 Å². The molecule has 28 heavy (non-hydrogen) atoms. The van der Waals surface area contributed by atoms with Crippen molar-refractivity contribution >= 4 is 33.8 Å². The number of aryl methyl sites for hydroxylation is 1. The highest BCUT2D eigenvalue weighted by molar-refractivity contribution is 7.17. The average Bonchev–Trinajstić information content (AvgIpc) is 3.23. The normalized spacial score (nSPS) is 11.1. The lowest BCUT2D eigenvalue weighted by Crippen LogP contribution is -2.25. The van der Waals surface area contributed by atoms with Crippen molar-refractivity contribution in [3.8, 4) is 11.4 Å². The molecule has 0 aliphatic carbocycles. The van der Waals surface area contributed by atoms with Gasteiger partial charge in [-0.3, -0.25) is 4.79 Å². The highest BCUT2D eigenvalue weighted by Crippen LogP contribution is 2.25. The van der Waals surface area contributed by atoms with Gasteiger partial charge in [0.2, 0.25) is 4.96 Å². The summed E-state index contributed by atoms with van der Waals surface area (Å²) in [7, 11) is 0. The number of halogens is 2. The minimum atomic E-state index is -0.288. The summed E-state index contributed by atoms with van der Waals surface area (Å²) in [5, 5.41) is 8.04. The number of hydrogen-bond acceptors (Lipinski definition) is 4. The van der Waals surface area contributed by atoms with Crippen LogP contribution in [-0.2, 0) is 6.42 Å². The Hall–Kier alpha value is -2.77. The van der Waals surface area contributed by atoms with Gasteiger partial charge in [-0.2, -0.15) is 4.98 Å². The molecule has 1 amide bonds. The van der Waals surface area contributed by atoms with E-state index >= 15 is 0 Å². The molecule has 0 fully saturated rings. The van der Waals surface area contributed by atoms with Crippen LogP contribution >= 0.6 is 22.9 Å². The minimum Gasteiger partial charge on any atom is -0.352 e. The Morgan fingerprint density at radius 3 is 2.57 bits per heavy atom. The molecule has 0 aliphatic heterocycles. The summed E-state index contributed by atoms with van der Waals surface area (Å²) in [5.41, 5.74) is 2.34. The van der Waals surface area contributed by atoms with Crippen molar-refractivity contribution in [2.75, 3.05) is 6.54 Å². The molecule has 4 aromatic rings. The summed E-state index contributed by atoms with van der Waals surface area (Å²) in [6.07, 6.45) is 0.687. The van der Waals surface area contributed by atoms with E-state index in [1.165, 1.54) is 23.5 Å². The van der Waals surface area contributed by atoms with Gasteiger partial charge < -0.3 is 5.32 Å². The summed E-state index contributed by atoms with van der Waals surface area (Å²) in [5.74, 6) is 0.146. The molecule has 2 heterocycles. The molecular weight excluding hydrogens is 399 g/mol. The van der Waals surface area contributed by atoms with Gasteiger partial charge in [-0.05, 0) is 55.5 Å². The fourth-order valence-corrected chi connectivity index (χ4v) is 4.01. The van der Waals surface area contributed by atoms with Gasteiger partial charge >= 0.3 is 0 Å². The maximum absolute atomic E-state index is 13.1. The van der Waals surface area contributed by atoms with E-state index in [2.05, 4.69) is 15.4 Å². The molecule has 8 heteroatoms. The molecular formula is C20H16ClFN4OS. The lowest BCUT2D eigenvalue weighted by molar-refractivity contribution is 0.0954. The topological polar surface area (TPSA) is 59.3 Å². The number of carbonyl (C=O) groups is 1.